The molecular weight excluding hydrogens is 510 g/mol. The van der Waals surface area contributed by atoms with Gasteiger partial charge >= 0.3 is 0 Å². The number of carbonyl (C=O) groups excluding carboxylic acids is 4. The minimum absolute atomic E-state index is 0.0113. The Kier molecular flexibility index (Phi) is 6.93. The molecule has 2 fully saturated rings. The summed E-state index contributed by atoms with van der Waals surface area (Å²) in [5, 5.41) is 3.94. The second kappa shape index (κ2) is 10.7. The molecule has 2 N–H and O–H groups in total. The fourth-order valence-electron chi connectivity index (χ4n) is 5.42. The van der Waals surface area contributed by atoms with Gasteiger partial charge in [0.05, 0.1) is 0 Å². The molecule has 6 rings (SSSR count). The lowest BCUT2D eigenvalue weighted by Gasteiger charge is -2.32. The van der Waals surface area contributed by atoms with E-state index in [-0.39, 0.29) is 55.2 Å². The van der Waals surface area contributed by atoms with Gasteiger partial charge in [-0.25, -0.2) is 4.98 Å². The van der Waals surface area contributed by atoms with Crippen molar-refractivity contribution >= 4 is 46.1 Å². The van der Waals surface area contributed by atoms with Crippen molar-refractivity contribution in [3.05, 3.63) is 65.4 Å². The standard InChI is InChI=1S/C30H31N5O5/c1-18-15-34(30(39)21-4-2-3-19(13-21)8-12-35-26(36)16-40-17-27(35)37)11-9-22(18)24-14-25(33-29(38)20-5-6-20)32-28-23(24)7-10-31-28/h2-4,7,9-10,13-14,18,20H,5-6,8,11-12,15-17H2,1H3,(H2,31,32,33,38). The average molecular weight is 542 g/mol. The van der Waals surface area contributed by atoms with Gasteiger partial charge in [0.1, 0.15) is 24.7 Å². The summed E-state index contributed by atoms with van der Waals surface area (Å²) in [4.78, 5) is 60.7. The van der Waals surface area contributed by atoms with Crippen LogP contribution in [0.2, 0.25) is 0 Å². The molecule has 3 aromatic rings. The first-order chi connectivity index (χ1) is 19.4. The Morgan fingerprint density at radius 3 is 2.67 bits per heavy atom. The van der Waals surface area contributed by atoms with Crippen LogP contribution in [-0.4, -0.2) is 76.2 Å². The van der Waals surface area contributed by atoms with Crippen LogP contribution in [0.15, 0.2) is 48.7 Å². The number of nitrogens with zero attached hydrogens (tertiary/aromatic N) is 3. The minimum atomic E-state index is -0.336. The number of aromatic amines is 1. The molecule has 2 aromatic heterocycles. The molecule has 40 heavy (non-hydrogen) atoms. The van der Waals surface area contributed by atoms with E-state index in [0.717, 1.165) is 34.9 Å². The van der Waals surface area contributed by atoms with E-state index in [1.54, 1.807) is 6.07 Å². The van der Waals surface area contributed by atoms with E-state index in [1.165, 1.54) is 4.90 Å². The van der Waals surface area contributed by atoms with Crippen LogP contribution >= 0.6 is 0 Å². The first-order valence-corrected chi connectivity index (χ1v) is 13.7. The number of anilines is 1. The van der Waals surface area contributed by atoms with Gasteiger partial charge in [0, 0.05) is 42.7 Å². The summed E-state index contributed by atoms with van der Waals surface area (Å²) in [5.74, 6) is -0.0512. The van der Waals surface area contributed by atoms with Crippen molar-refractivity contribution in [1.82, 2.24) is 19.8 Å². The smallest absolute Gasteiger partial charge is 0.255 e. The number of ether oxygens (including phenoxy) is 1. The number of fused-ring (bicyclic) bond motifs is 1. The summed E-state index contributed by atoms with van der Waals surface area (Å²) in [6.45, 7) is 3.19. The van der Waals surface area contributed by atoms with Crippen molar-refractivity contribution in [1.29, 1.82) is 0 Å². The van der Waals surface area contributed by atoms with Crippen LogP contribution in [0.3, 0.4) is 0 Å². The first-order valence-electron chi connectivity index (χ1n) is 13.7. The largest absolute Gasteiger partial charge is 0.362 e. The third-order valence-electron chi connectivity index (χ3n) is 7.73. The van der Waals surface area contributed by atoms with Crippen LogP contribution in [0.5, 0.6) is 0 Å². The lowest BCUT2D eigenvalue weighted by atomic mass is 9.89. The van der Waals surface area contributed by atoms with Gasteiger partial charge in [0.2, 0.25) is 5.91 Å². The van der Waals surface area contributed by atoms with Gasteiger partial charge in [-0.2, -0.15) is 0 Å². The SMILES string of the molecule is CC1CN(C(=O)c2cccc(CCN3C(=O)COCC3=O)c2)CC=C1c1cc(NC(=O)C2CC2)nc2[nH]ccc12. The number of imide groups is 1. The van der Waals surface area contributed by atoms with E-state index < -0.39 is 0 Å². The molecule has 1 atom stereocenters. The van der Waals surface area contributed by atoms with Crippen molar-refractivity contribution in [3.8, 4) is 0 Å². The molecule has 4 amide bonds. The molecule has 1 aromatic carbocycles. The Morgan fingerprint density at radius 1 is 1.12 bits per heavy atom. The number of morpholine rings is 1. The first kappa shape index (κ1) is 25.9. The Labute approximate surface area is 231 Å². The quantitative estimate of drug-likeness (QED) is 0.443. The van der Waals surface area contributed by atoms with Gasteiger partial charge in [-0.3, -0.25) is 24.1 Å². The number of amides is 4. The second-order valence-electron chi connectivity index (χ2n) is 10.7. The van der Waals surface area contributed by atoms with Crippen molar-refractivity contribution in [2.24, 2.45) is 11.8 Å². The van der Waals surface area contributed by atoms with Gasteiger partial charge in [0.25, 0.3) is 17.7 Å². The van der Waals surface area contributed by atoms with E-state index in [9.17, 15) is 19.2 Å². The fourth-order valence-corrected chi connectivity index (χ4v) is 5.42. The predicted molar refractivity (Wildman–Crippen MR) is 148 cm³/mol. The average Bonchev–Trinajstić information content (AvgIpc) is 3.70. The maximum Gasteiger partial charge on any atom is 0.255 e. The van der Waals surface area contributed by atoms with Crippen LogP contribution in [0.1, 0.15) is 41.3 Å². The number of carbonyl (C=O) groups is 4. The fraction of sp³-hybridized carbons (Fsp3) is 0.367. The number of aromatic nitrogens is 2. The molecule has 1 unspecified atom stereocenters. The zero-order chi connectivity index (χ0) is 27.8. The van der Waals surface area contributed by atoms with E-state index >= 15 is 0 Å². The molecule has 1 saturated carbocycles. The van der Waals surface area contributed by atoms with Gasteiger partial charge in [0.15, 0.2) is 0 Å². The van der Waals surface area contributed by atoms with Crippen molar-refractivity contribution in [2.45, 2.75) is 26.2 Å². The molecule has 0 spiro atoms. The van der Waals surface area contributed by atoms with Crippen LogP contribution in [-0.2, 0) is 25.5 Å². The Morgan fingerprint density at radius 2 is 1.93 bits per heavy atom. The minimum Gasteiger partial charge on any atom is -0.362 e. The number of benzene rings is 1. The zero-order valence-corrected chi connectivity index (χ0v) is 22.3. The number of H-pyrrole nitrogens is 1. The second-order valence-corrected chi connectivity index (χ2v) is 10.7. The molecule has 206 valence electrons. The van der Waals surface area contributed by atoms with E-state index in [2.05, 4.69) is 28.3 Å². The number of hydrogen-bond donors (Lipinski definition) is 2. The van der Waals surface area contributed by atoms with Crippen LogP contribution < -0.4 is 5.32 Å². The summed E-state index contributed by atoms with van der Waals surface area (Å²) >= 11 is 0. The Balaban J connectivity index is 1.17. The topological polar surface area (TPSA) is 125 Å². The van der Waals surface area contributed by atoms with Crippen LogP contribution in [0, 0.1) is 11.8 Å². The maximum atomic E-state index is 13.5. The number of hydrogen-bond acceptors (Lipinski definition) is 6. The van der Waals surface area contributed by atoms with Crippen molar-refractivity contribution in [2.75, 3.05) is 38.2 Å². The third-order valence-corrected chi connectivity index (χ3v) is 7.73. The van der Waals surface area contributed by atoms with E-state index in [0.29, 0.717) is 36.5 Å². The Bertz CT molecular complexity index is 1520. The molecule has 1 aliphatic carbocycles. The molecule has 10 nitrogen and oxygen atoms in total. The highest BCUT2D eigenvalue weighted by Crippen LogP contribution is 2.35. The third kappa shape index (κ3) is 5.27. The summed E-state index contributed by atoms with van der Waals surface area (Å²) in [7, 11) is 0. The molecule has 1 saturated heterocycles. The summed E-state index contributed by atoms with van der Waals surface area (Å²) < 4.78 is 4.97. The highest BCUT2D eigenvalue weighted by atomic mass is 16.5. The molecule has 3 aliphatic rings. The molecule has 0 bridgehead atoms. The molecule has 0 radical (unpaired) electrons. The lowest BCUT2D eigenvalue weighted by Crippen LogP contribution is -2.46. The zero-order valence-electron chi connectivity index (χ0n) is 22.3. The maximum absolute atomic E-state index is 13.5. The number of nitrogens with one attached hydrogen (secondary N) is 2. The van der Waals surface area contributed by atoms with Gasteiger partial charge < -0.3 is 19.9 Å². The molecule has 2 aliphatic heterocycles. The summed E-state index contributed by atoms with van der Waals surface area (Å²) in [6, 6.07) is 11.3. The van der Waals surface area contributed by atoms with Crippen LogP contribution in [0.25, 0.3) is 16.6 Å². The lowest BCUT2D eigenvalue weighted by molar-refractivity contribution is -0.158. The summed E-state index contributed by atoms with van der Waals surface area (Å²) in [5.41, 5.74) is 4.29. The normalized spacial score (nSPS) is 19.6. The number of rotatable bonds is 7. The van der Waals surface area contributed by atoms with E-state index in [1.807, 2.05) is 41.4 Å². The van der Waals surface area contributed by atoms with Gasteiger partial charge in [-0.1, -0.05) is 25.1 Å². The predicted octanol–water partition coefficient (Wildman–Crippen LogP) is 3.01. The van der Waals surface area contributed by atoms with Gasteiger partial charge in [-0.15, -0.1) is 0 Å². The molecular formula is C30H31N5O5. The highest BCUT2D eigenvalue weighted by molar-refractivity contribution is 5.99. The van der Waals surface area contributed by atoms with Crippen molar-refractivity contribution in [3.63, 3.8) is 0 Å². The number of pyridine rings is 1. The van der Waals surface area contributed by atoms with E-state index in [4.69, 9.17) is 4.74 Å². The monoisotopic (exact) mass is 541 g/mol. The summed E-state index contributed by atoms with van der Waals surface area (Å²) in [6.07, 6.45) is 6.24. The van der Waals surface area contributed by atoms with Crippen LogP contribution in [0.4, 0.5) is 5.82 Å². The van der Waals surface area contributed by atoms with Gasteiger partial charge in [-0.05, 0) is 66.1 Å². The molecule has 4 heterocycles. The highest BCUT2D eigenvalue weighted by Gasteiger charge is 2.31. The molecule has 10 heteroatoms. The van der Waals surface area contributed by atoms with Crippen molar-refractivity contribution < 1.29 is 23.9 Å². The Hall–Kier alpha value is -4.31.